The fourth-order valence-corrected chi connectivity index (χ4v) is 4.29. The summed E-state index contributed by atoms with van der Waals surface area (Å²) in [6, 6.07) is 14.1. The first-order valence-electron chi connectivity index (χ1n) is 11.4. The number of aryl methyl sites for hydroxylation is 1. The zero-order valence-corrected chi connectivity index (χ0v) is 19.5. The van der Waals surface area contributed by atoms with Crippen LogP contribution in [0.25, 0.3) is 10.9 Å². The molecule has 0 atom stereocenters. The zero-order valence-electron chi connectivity index (χ0n) is 19.5. The van der Waals surface area contributed by atoms with Crippen LogP contribution in [0.15, 0.2) is 60.9 Å². The first-order chi connectivity index (χ1) is 16.9. The molecule has 0 bridgehead atoms. The number of fused-ring (bicyclic) bond motifs is 1. The number of hydrogen-bond acceptors (Lipinski definition) is 5. The van der Waals surface area contributed by atoms with Crippen molar-refractivity contribution in [3.05, 3.63) is 94.7 Å². The van der Waals surface area contributed by atoms with Crippen molar-refractivity contribution in [3.63, 3.8) is 0 Å². The summed E-state index contributed by atoms with van der Waals surface area (Å²) in [7, 11) is 0. The molecule has 1 fully saturated rings. The predicted octanol–water partition coefficient (Wildman–Crippen LogP) is 3.86. The van der Waals surface area contributed by atoms with Gasteiger partial charge in [-0.3, -0.25) is 14.6 Å². The Labute approximate surface area is 202 Å². The summed E-state index contributed by atoms with van der Waals surface area (Å²) in [5.74, 6) is -1.34. The molecule has 4 aromatic rings. The topological polar surface area (TPSA) is 79.3 Å². The number of hydrogen-bond donors (Lipinski definition) is 0. The molecule has 0 aliphatic carbocycles. The van der Waals surface area contributed by atoms with Crippen molar-refractivity contribution in [3.8, 4) is 0 Å². The molecule has 3 heterocycles. The van der Waals surface area contributed by atoms with Gasteiger partial charge in [0.2, 0.25) is 5.91 Å². The van der Waals surface area contributed by atoms with E-state index in [1.807, 2.05) is 44.2 Å². The van der Waals surface area contributed by atoms with Gasteiger partial charge in [-0.1, -0.05) is 24.3 Å². The number of halogens is 1. The molecule has 2 aromatic heterocycles. The SMILES string of the molecule is Cc1cnnc(Cc2ccc(F)c(C(=O)N3CCN(c4cnc5ccccc5c4)C(=O)C3)c2)c1C. The van der Waals surface area contributed by atoms with Crippen molar-refractivity contribution in [2.75, 3.05) is 24.5 Å². The largest absolute Gasteiger partial charge is 0.327 e. The second kappa shape index (κ2) is 9.21. The van der Waals surface area contributed by atoms with E-state index in [1.165, 1.54) is 11.0 Å². The standard InChI is InChI=1S/C27H24FN5O2/c1-17-14-30-31-25(18(17)2)12-19-7-8-23(28)22(11-19)27(35)32-9-10-33(26(34)16-32)21-13-20-5-3-4-6-24(20)29-15-21/h3-8,11,13-15H,9-10,12,16H2,1-2H3. The fraction of sp³-hybridized carbons (Fsp3) is 0.222. The van der Waals surface area contributed by atoms with E-state index in [0.29, 0.717) is 25.2 Å². The Morgan fingerprint density at radius 2 is 1.89 bits per heavy atom. The number of anilines is 1. The van der Waals surface area contributed by atoms with Gasteiger partial charge in [-0.05, 0) is 54.8 Å². The van der Waals surface area contributed by atoms with Crippen LogP contribution in [0, 0.1) is 19.7 Å². The van der Waals surface area contributed by atoms with Crippen molar-refractivity contribution < 1.29 is 14.0 Å². The van der Waals surface area contributed by atoms with Gasteiger partial charge in [-0.15, -0.1) is 0 Å². The second-order valence-electron chi connectivity index (χ2n) is 8.75. The Bertz CT molecular complexity index is 1450. The molecular formula is C27H24FN5O2. The smallest absolute Gasteiger partial charge is 0.257 e. The monoisotopic (exact) mass is 469 g/mol. The number of carbonyl (C=O) groups excluding carboxylic acids is 2. The fourth-order valence-electron chi connectivity index (χ4n) is 4.29. The molecule has 7 nitrogen and oxygen atoms in total. The molecule has 1 saturated heterocycles. The number of benzene rings is 2. The average Bonchev–Trinajstić information content (AvgIpc) is 2.87. The molecular weight excluding hydrogens is 445 g/mol. The lowest BCUT2D eigenvalue weighted by Crippen LogP contribution is -2.52. The lowest BCUT2D eigenvalue weighted by atomic mass is 10.0. The molecule has 1 aliphatic heterocycles. The summed E-state index contributed by atoms with van der Waals surface area (Å²) >= 11 is 0. The molecule has 0 saturated carbocycles. The molecule has 5 rings (SSSR count). The molecule has 1 aliphatic rings. The van der Waals surface area contributed by atoms with E-state index in [9.17, 15) is 14.0 Å². The quantitative estimate of drug-likeness (QED) is 0.454. The third-order valence-electron chi connectivity index (χ3n) is 6.48. The van der Waals surface area contributed by atoms with Crippen LogP contribution in [-0.2, 0) is 11.2 Å². The molecule has 0 radical (unpaired) electrons. The number of para-hydroxylation sites is 1. The van der Waals surface area contributed by atoms with Crippen molar-refractivity contribution in [1.82, 2.24) is 20.1 Å². The van der Waals surface area contributed by atoms with Crippen LogP contribution in [0.4, 0.5) is 10.1 Å². The highest BCUT2D eigenvalue weighted by Crippen LogP contribution is 2.23. The Hall–Kier alpha value is -4.20. The van der Waals surface area contributed by atoms with E-state index < -0.39 is 11.7 Å². The number of piperazine rings is 1. The lowest BCUT2D eigenvalue weighted by Gasteiger charge is -2.34. The van der Waals surface area contributed by atoms with Gasteiger partial charge >= 0.3 is 0 Å². The van der Waals surface area contributed by atoms with Gasteiger partial charge in [0.25, 0.3) is 5.91 Å². The summed E-state index contributed by atoms with van der Waals surface area (Å²) in [5, 5.41) is 9.13. The summed E-state index contributed by atoms with van der Waals surface area (Å²) in [6.07, 6.45) is 3.79. The van der Waals surface area contributed by atoms with Gasteiger partial charge in [0, 0.05) is 24.9 Å². The average molecular weight is 470 g/mol. The van der Waals surface area contributed by atoms with E-state index in [1.54, 1.807) is 29.4 Å². The molecule has 176 valence electrons. The summed E-state index contributed by atoms with van der Waals surface area (Å²) in [4.78, 5) is 33.6. The third kappa shape index (κ3) is 4.47. The Morgan fingerprint density at radius 1 is 1.06 bits per heavy atom. The lowest BCUT2D eigenvalue weighted by molar-refractivity contribution is -0.120. The van der Waals surface area contributed by atoms with Gasteiger partial charge in [-0.2, -0.15) is 10.2 Å². The first-order valence-corrected chi connectivity index (χ1v) is 11.4. The second-order valence-corrected chi connectivity index (χ2v) is 8.75. The zero-order chi connectivity index (χ0) is 24.5. The van der Waals surface area contributed by atoms with Crippen LogP contribution in [-0.4, -0.2) is 51.5 Å². The van der Waals surface area contributed by atoms with Crippen LogP contribution < -0.4 is 4.90 Å². The highest BCUT2D eigenvalue weighted by Gasteiger charge is 2.30. The Kier molecular flexibility index (Phi) is 5.94. The van der Waals surface area contributed by atoms with Crippen molar-refractivity contribution in [2.45, 2.75) is 20.3 Å². The molecule has 0 spiro atoms. The van der Waals surface area contributed by atoms with Crippen molar-refractivity contribution in [2.24, 2.45) is 0 Å². The van der Waals surface area contributed by atoms with E-state index in [2.05, 4.69) is 15.2 Å². The number of carbonyl (C=O) groups is 2. The van der Waals surface area contributed by atoms with E-state index >= 15 is 0 Å². The maximum atomic E-state index is 14.7. The van der Waals surface area contributed by atoms with Crippen molar-refractivity contribution >= 4 is 28.4 Å². The van der Waals surface area contributed by atoms with E-state index in [4.69, 9.17) is 0 Å². The highest BCUT2D eigenvalue weighted by atomic mass is 19.1. The van der Waals surface area contributed by atoms with Crippen LogP contribution in [0.2, 0.25) is 0 Å². The minimum absolute atomic E-state index is 0.0469. The number of amides is 2. The van der Waals surface area contributed by atoms with E-state index in [-0.39, 0.29) is 18.0 Å². The third-order valence-corrected chi connectivity index (χ3v) is 6.48. The number of aromatic nitrogens is 3. The van der Waals surface area contributed by atoms with Gasteiger partial charge in [0.1, 0.15) is 12.4 Å². The predicted molar refractivity (Wildman–Crippen MR) is 131 cm³/mol. The molecule has 0 N–H and O–H groups in total. The normalized spacial score (nSPS) is 14.0. The molecule has 0 unspecified atom stereocenters. The van der Waals surface area contributed by atoms with Gasteiger partial charge in [0.05, 0.1) is 34.9 Å². The van der Waals surface area contributed by atoms with Gasteiger partial charge < -0.3 is 9.80 Å². The summed E-state index contributed by atoms with van der Waals surface area (Å²) in [6.45, 7) is 4.40. The van der Waals surface area contributed by atoms with Crippen molar-refractivity contribution in [1.29, 1.82) is 0 Å². The molecule has 35 heavy (non-hydrogen) atoms. The molecule has 2 aromatic carbocycles. The minimum atomic E-state index is -0.612. The maximum absolute atomic E-state index is 14.7. The Morgan fingerprint density at radius 3 is 2.71 bits per heavy atom. The first kappa shape index (κ1) is 22.6. The summed E-state index contributed by atoms with van der Waals surface area (Å²) < 4.78 is 14.7. The minimum Gasteiger partial charge on any atom is -0.327 e. The maximum Gasteiger partial charge on any atom is 0.257 e. The Balaban J connectivity index is 1.33. The van der Waals surface area contributed by atoms with Gasteiger partial charge in [0.15, 0.2) is 0 Å². The highest BCUT2D eigenvalue weighted by molar-refractivity contribution is 6.02. The van der Waals surface area contributed by atoms with Crippen LogP contribution in [0.1, 0.15) is 32.7 Å². The number of nitrogens with zero attached hydrogens (tertiary/aromatic N) is 5. The van der Waals surface area contributed by atoms with Crippen LogP contribution in [0.5, 0.6) is 0 Å². The van der Waals surface area contributed by atoms with Crippen LogP contribution in [0.3, 0.4) is 0 Å². The van der Waals surface area contributed by atoms with E-state index in [0.717, 1.165) is 33.3 Å². The number of rotatable bonds is 4. The summed E-state index contributed by atoms with van der Waals surface area (Å²) in [5.41, 5.74) is 5.05. The number of pyridine rings is 1. The molecule has 8 heteroatoms. The molecule has 2 amide bonds. The van der Waals surface area contributed by atoms with Gasteiger partial charge in [-0.25, -0.2) is 4.39 Å². The van der Waals surface area contributed by atoms with Crippen LogP contribution >= 0.6 is 0 Å².